The Morgan fingerprint density at radius 2 is 1.54 bits per heavy atom. The van der Waals surface area contributed by atoms with Gasteiger partial charge in [0.2, 0.25) is 17.7 Å². The van der Waals surface area contributed by atoms with Crippen LogP contribution < -0.4 is 27.4 Å². The number of amides is 3. The molecule has 148 valence electrons. The summed E-state index contributed by atoms with van der Waals surface area (Å²) in [6, 6.07) is -2.35. The van der Waals surface area contributed by atoms with Crippen LogP contribution in [0, 0.1) is 0 Å². The van der Waals surface area contributed by atoms with Crippen LogP contribution in [-0.2, 0) is 24.0 Å². The van der Waals surface area contributed by atoms with Gasteiger partial charge in [0.15, 0.2) is 0 Å². The van der Waals surface area contributed by atoms with Gasteiger partial charge in [-0.05, 0) is 19.4 Å². The Hall–Kier alpha value is -2.73. The first kappa shape index (κ1) is 23.3. The molecular formula is C14H25N5O7. The highest BCUT2D eigenvalue weighted by Crippen LogP contribution is 2.00. The summed E-state index contributed by atoms with van der Waals surface area (Å²) in [7, 11) is 0. The lowest BCUT2D eigenvalue weighted by Gasteiger charge is -2.19. The van der Waals surface area contributed by atoms with Gasteiger partial charge in [0.05, 0.1) is 19.0 Å². The monoisotopic (exact) mass is 375 g/mol. The molecule has 0 saturated carbocycles. The van der Waals surface area contributed by atoms with E-state index in [0.29, 0.717) is 25.8 Å². The lowest BCUT2D eigenvalue weighted by Crippen LogP contribution is -2.53. The summed E-state index contributed by atoms with van der Waals surface area (Å²) < 4.78 is 0. The van der Waals surface area contributed by atoms with Gasteiger partial charge < -0.3 is 37.6 Å². The van der Waals surface area contributed by atoms with Gasteiger partial charge in [-0.1, -0.05) is 6.42 Å². The van der Waals surface area contributed by atoms with Gasteiger partial charge >= 0.3 is 11.9 Å². The second-order valence-electron chi connectivity index (χ2n) is 5.44. The Labute approximate surface area is 149 Å². The Bertz CT molecular complexity index is 526. The molecule has 0 aliphatic carbocycles. The molecule has 0 radical (unpaired) electrons. The van der Waals surface area contributed by atoms with Crippen molar-refractivity contribution in [3.8, 4) is 0 Å². The van der Waals surface area contributed by atoms with E-state index in [4.69, 9.17) is 21.7 Å². The number of rotatable bonds is 13. The fourth-order valence-corrected chi connectivity index (χ4v) is 1.83. The third-order valence-electron chi connectivity index (χ3n) is 3.18. The number of carboxylic acids is 2. The van der Waals surface area contributed by atoms with Crippen molar-refractivity contribution in [2.75, 3.05) is 19.6 Å². The molecule has 0 bridgehead atoms. The van der Waals surface area contributed by atoms with Gasteiger partial charge in [-0.3, -0.25) is 24.0 Å². The van der Waals surface area contributed by atoms with Gasteiger partial charge in [0.25, 0.3) is 0 Å². The predicted molar refractivity (Wildman–Crippen MR) is 88.7 cm³/mol. The second kappa shape index (κ2) is 12.6. The van der Waals surface area contributed by atoms with E-state index in [0.717, 1.165) is 0 Å². The van der Waals surface area contributed by atoms with Crippen molar-refractivity contribution >= 4 is 29.7 Å². The summed E-state index contributed by atoms with van der Waals surface area (Å²) in [4.78, 5) is 56.5. The molecule has 3 amide bonds. The number of aliphatic carboxylic acids is 2. The number of carbonyl (C=O) groups is 5. The third-order valence-corrected chi connectivity index (χ3v) is 3.18. The highest BCUT2D eigenvalue weighted by molar-refractivity contribution is 5.94. The Kier molecular flexibility index (Phi) is 11.3. The topological polar surface area (TPSA) is 214 Å². The van der Waals surface area contributed by atoms with Crippen LogP contribution in [0.2, 0.25) is 0 Å². The zero-order valence-corrected chi connectivity index (χ0v) is 14.2. The minimum atomic E-state index is -1.42. The quantitative estimate of drug-likeness (QED) is 0.160. The number of carbonyl (C=O) groups excluding carboxylic acids is 3. The molecule has 0 rings (SSSR count). The van der Waals surface area contributed by atoms with Crippen LogP contribution in [-0.4, -0.2) is 71.6 Å². The smallest absolute Gasteiger partial charge is 0.322 e. The van der Waals surface area contributed by atoms with Crippen molar-refractivity contribution in [3.05, 3.63) is 0 Å². The number of nitrogens with two attached hydrogens (primary N) is 2. The van der Waals surface area contributed by atoms with Crippen LogP contribution >= 0.6 is 0 Å². The number of carboxylic acid groups (broad SMARTS) is 2. The van der Waals surface area contributed by atoms with E-state index in [1.807, 2.05) is 5.32 Å². The number of unbranched alkanes of at least 4 members (excludes halogenated alkanes) is 1. The molecule has 0 aromatic heterocycles. The first-order valence-corrected chi connectivity index (χ1v) is 7.91. The van der Waals surface area contributed by atoms with Crippen molar-refractivity contribution < 1.29 is 34.2 Å². The summed E-state index contributed by atoms with van der Waals surface area (Å²) in [6.07, 6.45) is 0.891. The maximum absolute atomic E-state index is 12.0. The van der Waals surface area contributed by atoms with Crippen LogP contribution in [0.1, 0.15) is 25.7 Å². The molecule has 26 heavy (non-hydrogen) atoms. The fraction of sp³-hybridized carbons (Fsp3) is 0.643. The molecule has 2 atom stereocenters. The predicted octanol–water partition coefficient (Wildman–Crippen LogP) is -3.28. The molecule has 0 heterocycles. The van der Waals surface area contributed by atoms with Gasteiger partial charge in [-0.25, -0.2) is 0 Å². The van der Waals surface area contributed by atoms with Crippen LogP contribution in [0.4, 0.5) is 0 Å². The van der Waals surface area contributed by atoms with E-state index in [1.54, 1.807) is 0 Å². The molecule has 2 unspecified atom stereocenters. The molecule has 0 aromatic carbocycles. The van der Waals surface area contributed by atoms with Crippen molar-refractivity contribution in [3.63, 3.8) is 0 Å². The normalized spacial score (nSPS) is 12.5. The fourth-order valence-electron chi connectivity index (χ4n) is 1.83. The Morgan fingerprint density at radius 3 is 2.08 bits per heavy atom. The molecule has 0 aromatic rings. The first-order chi connectivity index (χ1) is 12.2. The second-order valence-corrected chi connectivity index (χ2v) is 5.44. The zero-order valence-electron chi connectivity index (χ0n) is 14.2. The van der Waals surface area contributed by atoms with Gasteiger partial charge in [0, 0.05) is 0 Å². The lowest BCUT2D eigenvalue weighted by molar-refractivity contribution is -0.141. The summed E-state index contributed by atoms with van der Waals surface area (Å²) in [5, 5.41) is 23.7. The van der Waals surface area contributed by atoms with Crippen LogP contribution in [0.5, 0.6) is 0 Å². The van der Waals surface area contributed by atoms with E-state index in [-0.39, 0.29) is 0 Å². The van der Waals surface area contributed by atoms with Crippen molar-refractivity contribution in [2.45, 2.75) is 37.8 Å². The maximum atomic E-state index is 12.0. The van der Waals surface area contributed by atoms with Crippen molar-refractivity contribution in [1.82, 2.24) is 16.0 Å². The van der Waals surface area contributed by atoms with Crippen LogP contribution in [0.25, 0.3) is 0 Å². The minimum Gasteiger partial charge on any atom is -0.481 e. The van der Waals surface area contributed by atoms with E-state index in [1.165, 1.54) is 0 Å². The van der Waals surface area contributed by atoms with E-state index < -0.39 is 61.3 Å². The minimum absolute atomic E-state index is 0.321. The van der Waals surface area contributed by atoms with E-state index in [9.17, 15) is 24.0 Å². The van der Waals surface area contributed by atoms with Crippen LogP contribution in [0.3, 0.4) is 0 Å². The lowest BCUT2D eigenvalue weighted by atomic mass is 10.1. The first-order valence-electron chi connectivity index (χ1n) is 7.91. The molecule has 12 nitrogen and oxygen atoms in total. The number of hydrogen-bond acceptors (Lipinski definition) is 7. The molecule has 0 spiro atoms. The Morgan fingerprint density at radius 1 is 0.885 bits per heavy atom. The summed E-state index contributed by atoms with van der Waals surface area (Å²) in [5.74, 6) is -4.97. The highest BCUT2D eigenvalue weighted by Gasteiger charge is 2.26. The molecule has 0 aliphatic rings. The molecule has 0 aliphatic heterocycles. The van der Waals surface area contributed by atoms with Crippen LogP contribution in [0.15, 0.2) is 0 Å². The average Bonchev–Trinajstić information content (AvgIpc) is 2.56. The molecule has 0 saturated heterocycles. The summed E-state index contributed by atoms with van der Waals surface area (Å²) in [5.41, 5.74) is 11.0. The zero-order chi connectivity index (χ0) is 20.1. The maximum Gasteiger partial charge on any atom is 0.322 e. The van der Waals surface area contributed by atoms with Gasteiger partial charge in [-0.2, -0.15) is 0 Å². The highest BCUT2D eigenvalue weighted by atomic mass is 16.4. The van der Waals surface area contributed by atoms with E-state index >= 15 is 0 Å². The van der Waals surface area contributed by atoms with Crippen molar-refractivity contribution in [2.24, 2.45) is 11.5 Å². The summed E-state index contributed by atoms with van der Waals surface area (Å²) >= 11 is 0. The average molecular weight is 375 g/mol. The summed E-state index contributed by atoms with van der Waals surface area (Å²) in [6.45, 7) is -0.745. The SMILES string of the molecule is NCCCCC(N)C(=O)NC(CC(=O)O)C(=O)NCC(=O)NCC(=O)O. The number of hydrogen-bond donors (Lipinski definition) is 7. The molecule has 9 N–H and O–H groups in total. The Balaban J connectivity index is 4.59. The standard InChI is InChI=1S/C14H25N5O7/c15-4-2-1-3-8(16)13(25)19-9(5-11(21)22)14(26)18-6-10(20)17-7-12(23)24/h8-9H,1-7,15-16H2,(H,17,20)(H,18,26)(H,19,25)(H,21,22)(H,23,24). The molecule has 12 heteroatoms. The largest absolute Gasteiger partial charge is 0.481 e. The van der Waals surface area contributed by atoms with Gasteiger partial charge in [0.1, 0.15) is 12.6 Å². The van der Waals surface area contributed by atoms with Gasteiger partial charge in [-0.15, -0.1) is 0 Å². The molecule has 0 fully saturated rings. The molecular weight excluding hydrogens is 350 g/mol. The number of nitrogens with one attached hydrogen (secondary N) is 3. The van der Waals surface area contributed by atoms with E-state index in [2.05, 4.69) is 10.6 Å². The third kappa shape index (κ3) is 10.9. The van der Waals surface area contributed by atoms with Crippen molar-refractivity contribution in [1.29, 1.82) is 0 Å².